The third-order valence-electron chi connectivity index (χ3n) is 4.39. The van der Waals surface area contributed by atoms with Crippen LogP contribution in [0.3, 0.4) is 0 Å². The van der Waals surface area contributed by atoms with Crippen LogP contribution in [0.4, 0.5) is 11.4 Å². The molecule has 0 atom stereocenters. The summed E-state index contributed by atoms with van der Waals surface area (Å²) in [7, 11) is -2.52. The number of nitro benzene ring substituents is 1. The zero-order valence-electron chi connectivity index (χ0n) is 14.7. The van der Waals surface area contributed by atoms with E-state index in [1.165, 1.54) is 19.2 Å². The maximum absolute atomic E-state index is 12.3. The molecule has 1 amide bonds. The molecule has 9 nitrogen and oxygen atoms in total. The Morgan fingerprint density at radius 1 is 1.23 bits per heavy atom. The van der Waals surface area contributed by atoms with Gasteiger partial charge in [0.25, 0.3) is 5.69 Å². The maximum atomic E-state index is 12.3. The number of nitro groups is 1. The number of benzene rings is 1. The average molecular weight is 384 g/mol. The SMILES string of the molecule is CNc1ccc(S(=O)(=O)NCC(=O)NC2CCCCCC2)cc1[N+](=O)[O-]. The fraction of sp³-hybridized carbons (Fsp3) is 0.562. The van der Waals surface area contributed by atoms with E-state index in [0.717, 1.165) is 44.6 Å². The van der Waals surface area contributed by atoms with Gasteiger partial charge in [0.2, 0.25) is 15.9 Å². The van der Waals surface area contributed by atoms with Gasteiger partial charge in [-0.3, -0.25) is 14.9 Å². The normalized spacial score (nSPS) is 15.9. The number of nitrogens with one attached hydrogen (secondary N) is 3. The summed E-state index contributed by atoms with van der Waals surface area (Å²) in [5, 5.41) is 16.5. The van der Waals surface area contributed by atoms with Gasteiger partial charge in [0.1, 0.15) is 5.69 Å². The van der Waals surface area contributed by atoms with Crippen molar-refractivity contribution in [3.63, 3.8) is 0 Å². The number of nitrogens with zero attached hydrogens (tertiary/aromatic N) is 1. The summed E-state index contributed by atoms with van der Waals surface area (Å²) >= 11 is 0. The molecule has 3 N–H and O–H groups in total. The van der Waals surface area contributed by atoms with Crippen molar-refractivity contribution >= 4 is 27.3 Å². The van der Waals surface area contributed by atoms with Gasteiger partial charge in [-0.15, -0.1) is 0 Å². The Labute approximate surface area is 152 Å². The number of carbonyl (C=O) groups is 1. The number of anilines is 1. The Bertz CT molecular complexity index is 758. The lowest BCUT2D eigenvalue weighted by atomic mass is 10.1. The summed E-state index contributed by atoms with van der Waals surface area (Å²) < 4.78 is 26.8. The Balaban J connectivity index is 2.00. The monoisotopic (exact) mass is 384 g/mol. The van der Waals surface area contributed by atoms with Crippen LogP contribution in [0.5, 0.6) is 0 Å². The van der Waals surface area contributed by atoms with Crippen LogP contribution in [0.1, 0.15) is 38.5 Å². The van der Waals surface area contributed by atoms with E-state index in [1.807, 2.05) is 0 Å². The molecule has 2 rings (SSSR count). The zero-order chi connectivity index (χ0) is 19.2. The largest absolute Gasteiger partial charge is 0.383 e. The second kappa shape index (κ2) is 8.95. The molecule has 144 valence electrons. The van der Waals surface area contributed by atoms with Crippen molar-refractivity contribution in [3.05, 3.63) is 28.3 Å². The van der Waals surface area contributed by atoms with E-state index in [1.54, 1.807) is 0 Å². The standard InChI is InChI=1S/C16H24N4O5S/c1-17-14-9-8-13(10-15(14)20(22)23)26(24,25)18-11-16(21)19-12-6-4-2-3-5-7-12/h8-10,12,17-18H,2-7,11H2,1H3,(H,19,21). The minimum atomic E-state index is -4.03. The van der Waals surface area contributed by atoms with E-state index in [0.29, 0.717) is 0 Å². The highest BCUT2D eigenvalue weighted by Crippen LogP contribution is 2.27. The van der Waals surface area contributed by atoms with Gasteiger partial charge in [-0.2, -0.15) is 0 Å². The number of sulfonamides is 1. The second-order valence-electron chi connectivity index (χ2n) is 6.27. The van der Waals surface area contributed by atoms with Crippen LogP contribution in [0.2, 0.25) is 0 Å². The maximum Gasteiger partial charge on any atom is 0.293 e. The summed E-state index contributed by atoms with van der Waals surface area (Å²) in [6, 6.07) is 3.62. The quantitative estimate of drug-likeness (QED) is 0.373. The van der Waals surface area contributed by atoms with Crippen molar-refractivity contribution in [2.75, 3.05) is 18.9 Å². The van der Waals surface area contributed by atoms with E-state index in [9.17, 15) is 23.3 Å². The van der Waals surface area contributed by atoms with Gasteiger partial charge in [-0.1, -0.05) is 25.7 Å². The summed E-state index contributed by atoms with van der Waals surface area (Å²) in [4.78, 5) is 22.2. The lowest BCUT2D eigenvalue weighted by molar-refractivity contribution is -0.384. The second-order valence-corrected chi connectivity index (χ2v) is 8.03. The topological polar surface area (TPSA) is 130 Å². The highest BCUT2D eigenvalue weighted by molar-refractivity contribution is 7.89. The molecule has 26 heavy (non-hydrogen) atoms. The van der Waals surface area contributed by atoms with Crippen molar-refractivity contribution in [3.8, 4) is 0 Å². The fourth-order valence-corrected chi connectivity index (χ4v) is 3.99. The zero-order valence-corrected chi connectivity index (χ0v) is 15.5. The van der Waals surface area contributed by atoms with E-state index in [2.05, 4.69) is 15.4 Å². The molecule has 0 heterocycles. The van der Waals surface area contributed by atoms with Crippen molar-refractivity contribution in [2.24, 2.45) is 0 Å². The highest BCUT2D eigenvalue weighted by atomic mass is 32.2. The van der Waals surface area contributed by atoms with E-state index < -0.39 is 27.4 Å². The van der Waals surface area contributed by atoms with Crippen LogP contribution < -0.4 is 15.4 Å². The Morgan fingerprint density at radius 3 is 2.46 bits per heavy atom. The minimum absolute atomic E-state index is 0.0745. The van der Waals surface area contributed by atoms with Crippen molar-refractivity contribution < 1.29 is 18.1 Å². The molecule has 0 spiro atoms. The smallest absolute Gasteiger partial charge is 0.293 e. The molecule has 0 aromatic heterocycles. The summed E-state index contributed by atoms with van der Waals surface area (Å²) in [5.41, 5.74) is -0.140. The highest BCUT2D eigenvalue weighted by Gasteiger charge is 2.22. The molecule has 0 aliphatic heterocycles. The summed E-state index contributed by atoms with van der Waals surface area (Å²) in [6.45, 7) is -0.402. The molecule has 1 saturated carbocycles. The number of hydrogen-bond acceptors (Lipinski definition) is 6. The first kappa shape index (κ1) is 20.1. The van der Waals surface area contributed by atoms with Crippen LogP contribution in [0, 0.1) is 10.1 Å². The Hall–Kier alpha value is -2.20. The van der Waals surface area contributed by atoms with E-state index >= 15 is 0 Å². The molecule has 0 bridgehead atoms. The van der Waals surface area contributed by atoms with Crippen LogP contribution in [-0.4, -0.2) is 38.9 Å². The Kier molecular flexibility index (Phi) is 6.92. The molecule has 0 saturated heterocycles. The summed E-state index contributed by atoms with van der Waals surface area (Å²) in [5.74, 6) is -0.401. The molecule has 0 radical (unpaired) electrons. The predicted octanol–water partition coefficient (Wildman–Crippen LogP) is 1.75. The molecule has 10 heteroatoms. The predicted molar refractivity (Wildman–Crippen MR) is 97.5 cm³/mol. The molecule has 1 aliphatic carbocycles. The number of rotatable bonds is 7. The molecule has 1 aromatic carbocycles. The number of hydrogen-bond donors (Lipinski definition) is 3. The number of amides is 1. The molecule has 1 aromatic rings. The van der Waals surface area contributed by atoms with Gasteiger partial charge in [-0.05, 0) is 25.0 Å². The summed E-state index contributed by atoms with van der Waals surface area (Å²) in [6.07, 6.45) is 6.21. The van der Waals surface area contributed by atoms with Gasteiger partial charge < -0.3 is 10.6 Å². The minimum Gasteiger partial charge on any atom is -0.383 e. The van der Waals surface area contributed by atoms with Gasteiger partial charge in [0, 0.05) is 19.2 Å². The molecule has 0 unspecified atom stereocenters. The van der Waals surface area contributed by atoms with E-state index in [4.69, 9.17) is 0 Å². The number of carbonyl (C=O) groups excluding carboxylic acids is 1. The van der Waals surface area contributed by atoms with Crippen LogP contribution in [-0.2, 0) is 14.8 Å². The van der Waals surface area contributed by atoms with Gasteiger partial charge in [-0.25, -0.2) is 13.1 Å². The average Bonchev–Trinajstić information content (AvgIpc) is 2.88. The van der Waals surface area contributed by atoms with Crippen LogP contribution in [0.25, 0.3) is 0 Å². The fourth-order valence-electron chi connectivity index (χ4n) is 2.99. The van der Waals surface area contributed by atoms with Crippen molar-refractivity contribution in [2.45, 2.75) is 49.5 Å². The lowest BCUT2D eigenvalue weighted by Crippen LogP contribution is -2.41. The third-order valence-corrected chi connectivity index (χ3v) is 5.79. The Morgan fingerprint density at radius 2 is 1.88 bits per heavy atom. The third kappa shape index (κ3) is 5.40. The van der Waals surface area contributed by atoms with Crippen molar-refractivity contribution in [1.82, 2.24) is 10.0 Å². The van der Waals surface area contributed by atoms with Gasteiger partial charge >= 0.3 is 0 Å². The molecular formula is C16H24N4O5S. The van der Waals surface area contributed by atoms with Gasteiger partial charge in [0.15, 0.2) is 0 Å². The first-order chi connectivity index (χ1) is 12.3. The van der Waals surface area contributed by atoms with Crippen LogP contribution in [0.15, 0.2) is 23.1 Å². The van der Waals surface area contributed by atoms with Gasteiger partial charge in [0.05, 0.1) is 16.4 Å². The lowest BCUT2D eigenvalue weighted by Gasteiger charge is -2.16. The molecular weight excluding hydrogens is 360 g/mol. The van der Waals surface area contributed by atoms with E-state index in [-0.39, 0.29) is 22.3 Å². The first-order valence-electron chi connectivity index (χ1n) is 8.58. The van der Waals surface area contributed by atoms with Crippen LogP contribution >= 0.6 is 0 Å². The van der Waals surface area contributed by atoms with Crippen molar-refractivity contribution in [1.29, 1.82) is 0 Å². The molecule has 1 aliphatic rings. The molecule has 1 fully saturated rings. The first-order valence-corrected chi connectivity index (χ1v) is 10.1.